The van der Waals surface area contributed by atoms with Crippen molar-refractivity contribution in [2.24, 2.45) is 5.73 Å². The lowest BCUT2D eigenvalue weighted by atomic mass is 9.99. The zero-order valence-corrected chi connectivity index (χ0v) is 12.5. The van der Waals surface area contributed by atoms with E-state index in [9.17, 15) is 9.59 Å². The molecule has 0 radical (unpaired) electrons. The number of nitrogens with two attached hydrogens (primary N) is 1. The second-order valence-corrected chi connectivity index (χ2v) is 5.56. The lowest BCUT2D eigenvalue weighted by Gasteiger charge is -2.25. The van der Waals surface area contributed by atoms with Gasteiger partial charge in [-0.05, 0) is 45.4 Å². The van der Waals surface area contributed by atoms with E-state index in [1.54, 1.807) is 19.9 Å². The van der Waals surface area contributed by atoms with Crippen LogP contribution in [-0.4, -0.2) is 23.9 Å². The maximum Gasteiger partial charge on any atom is 0.253 e. The van der Waals surface area contributed by atoms with E-state index in [2.05, 4.69) is 10.6 Å². The number of primary amides is 1. The molecule has 0 saturated carbocycles. The van der Waals surface area contributed by atoms with Crippen LogP contribution < -0.4 is 16.4 Å². The third-order valence-electron chi connectivity index (χ3n) is 2.86. The molecule has 0 aliphatic rings. The van der Waals surface area contributed by atoms with Crippen molar-refractivity contribution in [2.75, 3.05) is 11.9 Å². The zero-order chi connectivity index (χ0) is 15.3. The smallest absolute Gasteiger partial charge is 0.253 e. The molecule has 0 fully saturated rings. The van der Waals surface area contributed by atoms with Gasteiger partial charge in [0.25, 0.3) is 5.91 Å². The van der Waals surface area contributed by atoms with Crippen molar-refractivity contribution in [3.63, 3.8) is 0 Å². The largest absolute Gasteiger partial charge is 0.385 e. The van der Waals surface area contributed by atoms with Crippen molar-refractivity contribution < 1.29 is 9.59 Å². The Labute approximate surface area is 119 Å². The fourth-order valence-corrected chi connectivity index (χ4v) is 2.05. The summed E-state index contributed by atoms with van der Waals surface area (Å²) in [6, 6.07) is 5.60. The highest BCUT2D eigenvalue weighted by atomic mass is 16.2. The van der Waals surface area contributed by atoms with Crippen molar-refractivity contribution >= 4 is 17.5 Å². The number of aryl methyl sites for hydroxylation is 1. The number of rotatable bonds is 6. The second kappa shape index (κ2) is 6.41. The summed E-state index contributed by atoms with van der Waals surface area (Å²) >= 11 is 0. The van der Waals surface area contributed by atoms with Gasteiger partial charge in [-0.1, -0.05) is 6.07 Å². The minimum atomic E-state index is -0.669. The number of anilines is 1. The van der Waals surface area contributed by atoms with Crippen LogP contribution in [0.5, 0.6) is 0 Å². The van der Waals surface area contributed by atoms with Gasteiger partial charge in [0, 0.05) is 24.2 Å². The van der Waals surface area contributed by atoms with Crippen molar-refractivity contribution in [2.45, 2.75) is 39.7 Å². The highest BCUT2D eigenvalue weighted by molar-refractivity contribution is 6.00. The first-order valence-corrected chi connectivity index (χ1v) is 6.70. The molecule has 1 aromatic carbocycles. The van der Waals surface area contributed by atoms with Gasteiger partial charge in [-0.15, -0.1) is 0 Å². The normalized spacial score (nSPS) is 11.0. The Kier molecular flexibility index (Phi) is 5.13. The molecule has 0 aliphatic heterocycles. The van der Waals surface area contributed by atoms with Crippen LogP contribution in [-0.2, 0) is 4.79 Å². The second-order valence-electron chi connectivity index (χ2n) is 5.56. The summed E-state index contributed by atoms with van der Waals surface area (Å²) in [5, 5.41) is 6.01. The Bertz CT molecular complexity index is 510. The predicted molar refractivity (Wildman–Crippen MR) is 80.7 cm³/mol. The molecule has 5 heteroatoms. The van der Waals surface area contributed by atoms with Gasteiger partial charge in [-0.2, -0.15) is 0 Å². The first-order chi connectivity index (χ1) is 9.25. The maximum atomic E-state index is 12.3. The fourth-order valence-electron chi connectivity index (χ4n) is 2.05. The molecular formula is C15H23N3O2. The van der Waals surface area contributed by atoms with E-state index >= 15 is 0 Å². The van der Waals surface area contributed by atoms with Crippen LogP contribution in [0, 0.1) is 6.92 Å². The molecule has 5 nitrogen and oxygen atoms in total. The van der Waals surface area contributed by atoms with Gasteiger partial charge in [-0.25, -0.2) is 0 Å². The average molecular weight is 277 g/mol. The van der Waals surface area contributed by atoms with Crippen LogP contribution in [0.3, 0.4) is 0 Å². The van der Waals surface area contributed by atoms with E-state index in [-0.39, 0.29) is 12.3 Å². The number of carbonyl (C=O) groups is 2. The Morgan fingerprint density at radius 3 is 2.50 bits per heavy atom. The van der Waals surface area contributed by atoms with Crippen molar-refractivity contribution in [3.8, 4) is 0 Å². The maximum absolute atomic E-state index is 12.3. The molecular weight excluding hydrogens is 254 g/mol. The van der Waals surface area contributed by atoms with Crippen LogP contribution in [0.2, 0.25) is 0 Å². The summed E-state index contributed by atoms with van der Waals surface area (Å²) < 4.78 is 0. The van der Waals surface area contributed by atoms with Crippen molar-refractivity contribution in [3.05, 3.63) is 29.3 Å². The summed E-state index contributed by atoms with van der Waals surface area (Å²) in [7, 11) is 0. The van der Waals surface area contributed by atoms with Gasteiger partial charge < -0.3 is 16.4 Å². The summed E-state index contributed by atoms with van der Waals surface area (Å²) in [4.78, 5) is 23.4. The lowest BCUT2D eigenvalue weighted by Crippen LogP contribution is -2.46. The summed E-state index contributed by atoms with van der Waals surface area (Å²) in [5.41, 5.74) is 6.95. The molecule has 20 heavy (non-hydrogen) atoms. The van der Waals surface area contributed by atoms with Gasteiger partial charge in [0.15, 0.2) is 0 Å². The molecule has 4 N–H and O–H groups in total. The highest BCUT2D eigenvalue weighted by Crippen LogP contribution is 2.19. The molecule has 0 unspecified atom stereocenters. The molecule has 1 aromatic rings. The number of hydrogen-bond acceptors (Lipinski definition) is 3. The predicted octanol–water partition coefficient (Wildman–Crippen LogP) is 1.81. The molecule has 0 spiro atoms. The van der Waals surface area contributed by atoms with Crippen LogP contribution in [0.15, 0.2) is 18.2 Å². The van der Waals surface area contributed by atoms with Gasteiger partial charge in [0.2, 0.25) is 5.91 Å². The molecule has 0 aliphatic carbocycles. The van der Waals surface area contributed by atoms with E-state index < -0.39 is 11.4 Å². The van der Waals surface area contributed by atoms with E-state index in [0.29, 0.717) is 5.56 Å². The summed E-state index contributed by atoms with van der Waals surface area (Å²) in [5.74, 6) is -0.654. The van der Waals surface area contributed by atoms with Crippen LogP contribution in [0.1, 0.15) is 43.1 Å². The molecule has 0 atom stereocenters. The van der Waals surface area contributed by atoms with E-state index in [1.165, 1.54) is 0 Å². The van der Waals surface area contributed by atoms with Crippen LogP contribution in [0.25, 0.3) is 0 Å². The van der Waals surface area contributed by atoms with Gasteiger partial charge >= 0.3 is 0 Å². The third kappa shape index (κ3) is 4.57. The van der Waals surface area contributed by atoms with E-state index in [1.807, 2.05) is 26.0 Å². The fraction of sp³-hybridized carbons (Fsp3) is 0.467. The molecule has 0 aromatic heterocycles. The van der Waals surface area contributed by atoms with Gasteiger partial charge in [0.05, 0.1) is 5.56 Å². The number of amides is 2. The van der Waals surface area contributed by atoms with Gasteiger partial charge in [-0.3, -0.25) is 9.59 Å². The number of benzene rings is 1. The zero-order valence-electron chi connectivity index (χ0n) is 12.5. The molecule has 0 saturated heterocycles. The topological polar surface area (TPSA) is 84.2 Å². The summed E-state index contributed by atoms with van der Waals surface area (Å²) in [6.45, 7) is 8.22. The lowest BCUT2D eigenvalue weighted by molar-refractivity contribution is -0.119. The average Bonchev–Trinajstić information content (AvgIpc) is 2.26. The third-order valence-corrected chi connectivity index (χ3v) is 2.86. The number of hydrogen-bond donors (Lipinski definition) is 3. The molecule has 2 amide bonds. The van der Waals surface area contributed by atoms with Crippen molar-refractivity contribution in [1.29, 1.82) is 0 Å². The van der Waals surface area contributed by atoms with Crippen LogP contribution in [0.4, 0.5) is 5.69 Å². The highest BCUT2D eigenvalue weighted by Gasteiger charge is 2.24. The minimum Gasteiger partial charge on any atom is -0.385 e. The monoisotopic (exact) mass is 277 g/mol. The number of carbonyl (C=O) groups excluding carboxylic acids is 2. The Morgan fingerprint density at radius 1 is 1.30 bits per heavy atom. The quantitative estimate of drug-likeness (QED) is 0.741. The molecule has 0 bridgehead atoms. The number of nitrogens with one attached hydrogen (secondary N) is 2. The first-order valence-electron chi connectivity index (χ1n) is 6.70. The summed E-state index contributed by atoms with van der Waals surface area (Å²) in [6.07, 6.45) is 0.0984. The van der Waals surface area contributed by atoms with Gasteiger partial charge in [0.1, 0.15) is 0 Å². The van der Waals surface area contributed by atoms with Crippen LogP contribution >= 0.6 is 0 Å². The Balaban J connectivity index is 2.94. The molecule has 1 rings (SSSR count). The van der Waals surface area contributed by atoms with Crippen molar-refractivity contribution in [1.82, 2.24) is 5.32 Å². The molecule has 110 valence electrons. The molecule has 0 heterocycles. The standard InChI is InChI=1S/C15H23N3O2/c1-5-17-12-8-10(2)6-7-11(12)14(20)18-15(3,4)9-13(16)19/h6-8,17H,5,9H2,1-4H3,(H2,16,19)(H,18,20). The van der Waals surface area contributed by atoms with E-state index in [4.69, 9.17) is 5.73 Å². The van der Waals surface area contributed by atoms with E-state index in [0.717, 1.165) is 17.8 Å². The Morgan fingerprint density at radius 2 is 1.95 bits per heavy atom. The first kappa shape index (κ1) is 16.0. The SMILES string of the molecule is CCNc1cc(C)ccc1C(=O)NC(C)(C)CC(N)=O. The minimum absolute atomic E-state index is 0.0984. The Hall–Kier alpha value is -2.04.